The lowest BCUT2D eigenvalue weighted by Gasteiger charge is -2.30. The van der Waals surface area contributed by atoms with Gasteiger partial charge in [0.25, 0.3) is 0 Å². The molecule has 0 spiro atoms. The number of rotatable bonds is 5. The summed E-state index contributed by atoms with van der Waals surface area (Å²) in [4.78, 5) is 33.4. The summed E-state index contributed by atoms with van der Waals surface area (Å²) in [5, 5.41) is 14.9. The number of halogens is 2. The zero-order valence-electron chi connectivity index (χ0n) is 19.6. The number of pyridine rings is 1. The Kier molecular flexibility index (Phi) is 5.98. The van der Waals surface area contributed by atoms with E-state index in [1.807, 2.05) is 4.90 Å². The highest BCUT2D eigenvalue weighted by Crippen LogP contribution is 2.45. The van der Waals surface area contributed by atoms with Crippen LogP contribution >= 0.6 is 34.5 Å². The van der Waals surface area contributed by atoms with E-state index in [4.69, 9.17) is 32.9 Å². The topological polar surface area (TPSA) is 120 Å². The van der Waals surface area contributed by atoms with Crippen LogP contribution in [0.1, 0.15) is 12.8 Å². The molecule has 0 radical (unpaired) electrons. The number of anilines is 2. The van der Waals surface area contributed by atoms with E-state index in [1.54, 1.807) is 20.3 Å². The molecule has 4 heterocycles. The first kappa shape index (κ1) is 23.8. The van der Waals surface area contributed by atoms with E-state index in [0.29, 0.717) is 50.7 Å². The van der Waals surface area contributed by atoms with E-state index in [1.165, 1.54) is 16.2 Å². The molecular formula is C23H25Cl2N7O3S. The summed E-state index contributed by atoms with van der Waals surface area (Å²) in [7, 11) is 3.34. The molecule has 1 amide bonds. The van der Waals surface area contributed by atoms with Crippen molar-refractivity contribution in [2.24, 2.45) is 11.8 Å². The molecule has 3 aliphatic rings. The number of amides is 1. The van der Waals surface area contributed by atoms with E-state index >= 15 is 0 Å². The van der Waals surface area contributed by atoms with E-state index in [-0.39, 0.29) is 36.2 Å². The highest BCUT2D eigenvalue weighted by Gasteiger charge is 2.47. The first-order valence-electron chi connectivity index (χ1n) is 11.7. The number of carbonyl (C=O) groups is 1. The summed E-state index contributed by atoms with van der Waals surface area (Å²) < 4.78 is 5.83. The summed E-state index contributed by atoms with van der Waals surface area (Å²) >= 11 is 14.5. The maximum Gasteiger partial charge on any atom is 0.409 e. The van der Waals surface area contributed by atoms with Gasteiger partial charge in [-0.05, 0) is 12.8 Å². The number of aliphatic hydroxyl groups is 1. The minimum Gasteiger partial charge on any atom is -0.443 e. The summed E-state index contributed by atoms with van der Waals surface area (Å²) in [6.45, 7) is 1.26. The zero-order chi connectivity index (χ0) is 25.1. The Morgan fingerprint density at radius 3 is 2.86 bits per heavy atom. The number of nitrogens with zero attached hydrogens (tertiary/aromatic N) is 5. The highest BCUT2D eigenvalue weighted by atomic mass is 35.5. The van der Waals surface area contributed by atoms with Gasteiger partial charge in [-0.25, -0.2) is 19.7 Å². The number of carbonyl (C=O) groups excluding carboxylic acids is 1. The Morgan fingerprint density at radius 2 is 2.11 bits per heavy atom. The van der Waals surface area contributed by atoms with E-state index in [9.17, 15) is 9.90 Å². The van der Waals surface area contributed by atoms with Crippen molar-refractivity contribution in [3.63, 3.8) is 0 Å². The number of nitrogens with one attached hydrogen (secondary N) is 2. The molecule has 36 heavy (non-hydrogen) atoms. The van der Waals surface area contributed by atoms with Crippen molar-refractivity contribution in [1.82, 2.24) is 24.8 Å². The van der Waals surface area contributed by atoms with Crippen LogP contribution in [0.15, 0.2) is 18.3 Å². The summed E-state index contributed by atoms with van der Waals surface area (Å²) in [6, 6.07) is -0.146. The van der Waals surface area contributed by atoms with Crippen molar-refractivity contribution in [1.29, 1.82) is 0 Å². The molecule has 2 aliphatic carbocycles. The van der Waals surface area contributed by atoms with Gasteiger partial charge in [0.15, 0.2) is 21.8 Å². The average molecular weight is 550 g/mol. The molecule has 5 atom stereocenters. The number of hydrogen-bond acceptors (Lipinski definition) is 9. The number of aliphatic hydroxyl groups excluding tert-OH is 1. The lowest BCUT2D eigenvalue weighted by atomic mass is 9.98. The Balaban J connectivity index is 1.32. The number of hydrogen-bond donors (Lipinski definition) is 3. The lowest BCUT2D eigenvalue weighted by molar-refractivity contribution is 0.0574. The van der Waals surface area contributed by atoms with Gasteiger partial charge >= 0.3 is 6.09 Å². The second-order valence-corrected chi connectivity index (χ2v) is 11.4. The SMILES string of the molecule is CN(C)C(=O)O[C@@H]1[C@H](Nc2c(Cl)cnc3[nH]c(-c4sc(N5CC[C@@H](O)C5)nc4Cl)nc23)[C@H]2C=C[C@@H]1C2. The number of H-pyrrole nitrogens is 1. The molecule has 1 saturated heterocycles. The third-order valence-electron chi connectivity index (χ3n) is 6.99. The predicted octanol–water partition coefficient (Wildman–Crippen LogP) is 4.01. The van der Waals surface area contributed by atoms with Crippen LogP contribution in [0.5, 0.6) is 0 Å². The van der Waals surface area contributed by atoms with Crippen LogP contribution in [0.3, 0.4) is 0 Å². The van der Waals surface area contributed by atoms with Gasteiger partial charge in [0.1, 0.15) is 16.5 Å². The van der Waals surface area contributed by atoms with Crippen molar-refractivity contribution in [3.8, 4) is 10.7 Å². The largest absolute Gasteiger partial charge is 0.443 e. The monoisotopic (exact) mass is 549 g/mol. The van der Waals surface area contributed by atoms with Gasteiger partial charge in [-0.15, -0.1) is 0 Å². The number of aromatic nitrogens is 4. The first-order chi connectivity index (χ1) is 17.3. The molecule has 0 unspecified atom stereocenters. The molecule has 3 aromatic heterocycles. The smallest absolute Gasteiger partial charge is 0.409 e. The van der Waals surface area contributed by atoms with Crippen molar-refractivity contribution < 1.29 is 14.6 Å². The zero-order valence-corrected chi connectivity index (χ0v) is 21.9. The normalized spacial score (nSPS) is 26.8. The van der Waals surface area contributed by atoms with Gasteiger partial charge in [-0.1, -0.05) is 46.7 Å². The molecule has 2 fully saturated rings. The molecular weight excluding hydrogens is 525 g/mol. The van der Waals surface area contributed by atoms with Gasteiger partial charge in [-0.2, -0.15) is 0 Å². The maximum atomic E-state index is 12.3. The number of thiazole rings is 1. The van der Waals surface area contributed by atoms with E-state index < -0.39 is 0 Å². The molecule has 3 N–H and O–H groups in total. The van der Waals surface area contributed by atoms with Crippen LogP contribution in [0.2, 0.25) is 10.2 Å². The second-order valence-electron chi connectivity index (χ2n) is 9.63. The summed E-state index contributed by atoms with van der Waals surface area (Å²) in [5.41, 5.74) is 1.76. The number of fused-ring (bicyclic) bond motifs is 3. The molecule has 0 aromatic carbocycles. The van der Waals surface area contributed by atoms with Crippen molar-refractivity contribution >= 4 is 62.6 Å². The summed E-state index contributed by atoms with van der Waals surface area (Å²) in [6.07, 6.45) is 6.42. The van der Waals surface area contributed by atoms with Crippen molar-refractivity contribution in [2.75, 3.05) is 37.4 Å². The van der Waals surface area contributed by atoms with Gasteiger partial charge in [0.2, 0.25) is 0 Å². The van der Waals surface area contributed by atoms with Crippen molar-refractivity contribution in [3.05, 3.63) is 28.5 Å². The molecule has 1 saturated carbocycles. The summed E-state index contributed by atoms with van der Waals surface area (Å²) in [5.74, 6) is 0.905. The number of ether oxygens (including phenoxy) is 1. The lowest BCUT2D eigenvalue weighted by Crippen LogP contribution is -2.42. The quantitative estimate of drug-likeness (QED) is 0.408. The molecule has 6 rings (SSSR count). The third kappa shape index (κ3) is 4.07. The van der Waals surface area contributed by atoms with Crippen LogP contribution in [0, 0.1) is 11.8 Å². The van der Waals surface area contributed by atoms with Crippen LogP contribution in [-0.2, 0) is 4.74 Å². The van der Waals surface area contributed by atoms with Crippen LogP contribution in [0.25, 0.3) is 21.9 Å². The highest BCUT2D eigenvalue weighted by molar-refractivity contribution is 7.19. The van der Waals surface area contributed by atoms with E-state index in [2.05, 4.69) is 32.4 Å². The number of imidazole rings is 1. The average Bonchev–Trinajstić information content (AvgIpc) is 3.65. The fourth-order valence-corrected chi connectivity index (χ4v) is 6.64. The maximum absolute atomic E-state index is 12.3. The number of aromatic amines is 1. The fraction of sp³-hybridized carbons (Fsp3) is 0.478. The first-order valence-corrected chi connectivity index (χ1v) is 13.3. The van der Waals surface area contributed by atoms with Crippen molar-refractivity contribution in [2.45, 2.75) is 31.1 Å². The third-order valence-corrected chi connectivity index (χ3v) is 8.79. The van der Waals surface area contributed by atoms with Crippen LogP contribution in [0.4, 0.5) is 15.6 Å². The Morgan fingerprint density at radius 1 is 1.31 bits per heavy atom. The second kappa shape index (κ2) is 9.05. The molecule has 2 bridgehead atoms. The molecule has 13 heteroatoms. The minimum atomic E-state index is -0.373. The standard InChI is InChI=1S/C23H25Cl2N7O3S/c1-31(2)23(34)35-17-11-4-3-10(7-11)14(17)27-15-13(24)8-26-20-16(15)28-21(30-20)18-19(25)29-22(36-18)32-6-5-12(33)9-32/h3-4,8,10-12,14,17,33H,5-7,9H2,1-2H3,(H2,26,27,28,30)/t10-,11+,12+,14+,17-/m0/s1. The molecule has 3 aromatic rings. The van der Waals surface area contributed by atoms with Crippen LogP contribution < -0.4 is 10.2 Å². The Bertz CT molecular complexity index is 1360. The van der Waals surface area contributed by atoms with Gasteiger partial charge < -0.3 is 29.9 Å². The predicted molar refractivity (Wildman–Crippen MR) is 140 cm³/mol. The Hall–Kier alpha value is -2.60. The minimum absolute atomic E-state index is 0.146. The fourth-order valence-electron chi connectivity index (χ4n) is 5.18. The molecule has 190 valence electrons. The van der Waals surface area contributed by atoms with Gasteiger partial charge in [0, 0.05) is 39.0 Å². The van der Waals surface area contributed by atoms with Gasteiger partial charge in [0.05, 0.1) is 29.1 Å². The molecule has 1 aliphatic heterocycles. The van der Waals surface area contributed by atoms with E-state index in [0.717, 1.165) is 18.1 Å². The van der Waals surface area contributed by atoms with Crippen LogP contribution in [-0.4, -0.2) is 81.5 Å². The molecule has 10 nitrogen and oxygen atoms in total. The van der Waals surface area contributed by atoms with Gasteiger partial charge in [-0.3, -0.25) is 0 Å². The Labute approximate surface area is 221 Å². The number of β-amino-alcohol motifs (C(OH)–C–C–N with tert-alkyl or cyclic N) is 1.